The van der Waals surface area contributed by atoms with E-state index < -0.39 is 28.4 Å². The molecule has 174 valence electrons. The summed E-state index contributed by atoms with van der Waals surface area (Å²) in [6, 6.07) is 14.5. The highest BCUT2D eigenvalue weighted by atomic mass is 32.2. The summed E-state index contributed by atoms with van der Waals surface area (Å²) in [7, 11) is -2.60. The van der Waals surface area contributed by atoms with Crippen molar-refractivity contribution < 1.29 is 35.9 Å². The van der Waals surface area contributed by atoms with E-state index in [1.807, 2.05) is 0 Å². The summed E-state index contributed by atoms with van der Waals surface area (Å²) >= 11 is 0. The van der Waals surface area contributed by atoms with E-state index in [9.17, 15) is 26.4 Å². The van der Waals surface area contributed by atoms with Crippen molar-refractivity contribution in [3.8, 4) is 11.5 Å². The Morgan fingerprint density at radius 1 is 0.939 bits per heavy atom. The lowest BCUT2D eigenvalue weighted by atomic mass is 10.1. The van der Waals surface area contributed by atoms with Gasteiger partial charge in [-0.05, 0) is 54.1 Å². The first-order valence-electron chi connectivity index (χ1n) is 9.46. The first kappa shape index (κ1) is 23.9. The largest absolute Gasteiger partial charge is 0.493 e. The number of nitrogens with one attached hydrogen (secondary N) is 2. The van der Waals surface area contributed by atoms with Crippen molar-refractivity contribution in [1.29, 1.82) is 0 Å². The molecule has 0 bridgehead atoms. The fraction of sp³-hybridized carbons (Fsp3) is 0.136. The first-order valence-corrected chi connectivity index (χ1v) is 10.9. The van der Waals surface area contributed by atoms with Crippen molar-refractivity contribution in [2.45, 2.75) is 17.9 Å². The summed E-state index contributed by atoms with van der Waals surface area (Å²) in [6.07, 6.45) is -0.0535. The molecular weight excluding hydrogens is 461 g/mol. The number of halogens is 3. The molecular formula is C22H19F3N2O5S. The van der Waals surface area contributed by atoms with E-state index in [2.05, 4.69) is 14.8 Å². The average molecular weight is 480 g/mol. The molecule has 0 fully saturated rings. The zero-order valence-corrected chi connectivity index (χ0v) is 18.0. The third kappa shape index (κ3) is 6.62. The number of hydrogen-bond donors (Lipinski definition) is 2. The standard InChI is InChI=1S/C22H19F3N2O5S/c1-31-19-11-8-17(13-20(19)32-22(24)25)26-21(28)12-14-2-6-16(7-3-14)27-33(29,30)18-9-4-15(23)5-10-18/h2-11,13,22,27H,12H2,1H3,(H,26,28). The lowest BCUT2D eigenvalue weighted by Gasteiger charge is -2.12. The van der Waals surface area contributed by atoms with Crippen molar-refractivity contribution in [1.82, 2.24) is 0 Å². The molecule has 0 aromatic heterocycles. The van der Waals surface area contributed by atoms with E-state index >= 15 is 0 Å². The monoisotopic (exact) mass is 480 g/mol. The Kier molecular flexibility index (Phi) is 7.44. The second-order valence-corrected chi connectivity index (χ2v) is 8.41. The SMILES string of the molecule is COc1ccc(NC(=O)Cc2ccc(NS(=O)(=O)c3ccc(F)cc3)cc2)cc1OC(F)F. The molecule has 0 aliphatic rings. The fourth-order valence-electron chi connectivity index (χ4n) is 2.85. The Morgan fingerprint density at radius 2 is 1.58 bits per heavy atom. The molecule has 33 heavy (non-hydrogen) atoms. The van der Waals surface area contributed by atoms with Crippen molar-refractivity contribution in [3.63, 3.8) is 0 Å². The van der Waals surface area contributed by atoms with E-state index in [0.717, 1.165) is 24.3 Å². The summed E-state index contributed by atoms with van der Waals surface area (Å²) in [5.74, 6) is -1.11. The van der Waals surface area contributed by atoms with Crippen molar-refractivity contribution >= 4 is 27.3 Å². The minimum absolute atomic E-state index is 0.0535. The van der Waals surface area contributed by atoms with E-state index in [-0.39, 0.29) is 34.2 Å². The van der Waals surface area contributed by atoms with Crippen LogP contribution in [0.1, 0.15) is 5.56 Å². The molecule has 0 saturated carbocycles. The maximum atomic E-state index is 13.0. The Bertz CT molecular complexity index is 1220. The highest BCUT2D eigenvalue weighted by Crippen LogP contribution is 2.31. The second-order valence-electron chi connectivity index (χ2n) is 6.73. The van der Waals surface area contributed by atoms with Gasteiger partial charge in [-0.15, -0.1) is 0 Å². The normalized spacial score (nSPS) is 11.2. The van der Waals surface area contributed by atoms with Crippen LogP contribution >= 0.6 is 0 Å². The lowest BCUT2D eigenvalue weighted by molar-refractivity contribution is -0.115. The highest BCUT2D eigenvalue weighted by Gasteiger charge is 2.15. The van der Waals surface area contributed by atoms with Crippen LogP contribution in [0.25, 0.3) is 0 Å². The van der Waals surface area contributed by atoms with E-state index in [1.165, 1.54) is 37.4 Å². The van der Waals surface area contributed by atoms with Crippen LogP contribution in [0.3, 0.4) is 0 Å². The molecule has 3 aromatic carbocycles. The van der Waals surface area contributed by atoms with Crippen LogP contribution in [0.15, 0.2) is 71.6 Å². The topological polar surface area (TPSA) is 93.7 Å². The summed E-state index contributed by atoms with van der Waals surface area (Å²) in [5, 5.41) is 2.57. The third-order valence-electron chi connectivity index (χ3n) is 4.36. The molecule has 0 heterocycles. The van der Waals surface area contributed by atoms with Crippen LogP contribution < -0.4 is 19.5 Å². The average Bonchev–Trinajstić information content (AvgIpc) is 2.75. The maximum absolute atomic E-state index is 13.0. The van der Waals surface area contributed by atoms with Crippen LogP contribution in [0, 0.1) is 5.82 Å². The zero-order chi connectivity index (χ0) is 24.0. The number of carbonyl (C=O) groups excluding carboxylic acids is 1. The molecule has 0 atom stereocenters. The Hall–Kier alpha value is -3.73. The van der Waals surface area contributed by atoms with E-state index in [4.69, 9.17) is 4.74 Å². The van der Waals surface area contributed by atoms with Crippen molar-refractivity contribution in [3.05, 3.63) is 78.1 Å². The number of hydrogen-bond acceptors (Lipinski definition) is 5. The molecule has 0 aliphatic carbocycles. The third-order valence-corrected chi connectivity index (χ3v) is 5.76. The number of methoxy groups -OCH3 is 1. The quantitative estimate of drug-likeness (QED) is 0.473. The molecule has 3 aromatic rings. The Morgan fingerprint density at radius 3 is 2.18 bits per heavy atom. The number of amides is 1. The molecule has 0 spiro atoms. The molecule has 0 unspecified atom stereocenters. The van der Waals surface area contributed by atoms with E-state index in [0.29, 0.717) is 5.56 Å². The first-order chi connectivity index (χ1) is 15.7. The van der Waals surface area contributed by atoms with E-state index in [1.54, 1.807) is 12.1 Å². The second kappa shape index (κ2) is 10.3. The van der Waals surface area contributed by atoms with Crippen LogP contribution in [0.2, 0.25) is 0 Å². The number of benzene rings is 3. The van der Waals surface area contributed by atoms with Gasteiger partial charge in [0, 0.05) is 17.4 Å². The van der Waals surface area contributed by atoms with Gasteiger partial charge >= 0.3 is 6.61 Å². The number of carbonyl (C=O) groups is 1. The molecule has 1 amide bonds. The molecule has 0 aliphatic heterocycles. The number of ether oxygens (including phenoxy) is 2. The number of rotatable bonds is 9. The predicted molar refractivity (Wildman–Crippen MR) is 116 cm³/mol. The van der Waals surface area contributed by atoms with Gasteiger partial charge in [0.15, 0.2) is 11.5 Å². The molecule has 11 heteroatoms. The minimum atomic E-state index is -3.90. The minimum Gasteiger partial charge on any atom is -0.493 e. The molecule has 0 saturated heterocycles. The van der Waals surface area contributed by atoms with Gasteiger partial charge < -0.3 is 14.8 Å². The van der Waals surface area contributed by atoms with Crippen LogP contribution in [-0.2, 0) is 21.2 Å². The zero-order valence-electron chi connectivity index (χ0n) is 17.2. The van der Waals surface area contributed by atoms with Crippen molar-refractivity contribution in [2.75, 3.05) is 17.1 Å². The summed E-state index contributed by atoms with van der Waals surface area (Å²) < 4.78 is 74.5. The molecule has 2 N–H and O–H groups in total. The maximum Gasteiger partial charge on any atom is 0.387 e. The van der Waals surface area contributed by atoms with Gasteiger partial charge in [-0.25, -0.2) is 12.8 Å². The lowest BCUT2D eigenvalue weighted by Crippen LogP contribution is -2.15. The summed E-state index contributed by atoms with van der Waals surface area (Å²) in [4.78, 5) is 12.2. The van der Waals surface area contributed by atoms with Crippen LogP contribution in [-0.4, -0.2) is 28.0 Å². The fourth-order valence-corrected chi connectivity index (χ4v) is 3.91. The summed E-state index contributed by atoms with van der Waals surface area (Å²) in [6.45, 7) is -3.05. The smallest absolute Gasteiger partial charge is 0.387 e. The predicted octanol–water partition coefficient (Wildman–Crippen LogP) is 4.42. The Balaban J connectivity index is 1.63. The van der Waals surface area contributed by atoms with Gasteiger partial charge in [0.25, 0.3) is 10.0 Å². The number of sulfonamides is 1. The number of anilines is 2. The van der Waals surface area contributed by atoms with Crippen LogP contribution in [0.4, 0.5) is 24.5 Å². The highest BCUT2D eigenvalue weighted by molar-refractivity contribution is 7.92. The van der Waals surface area contributed by atoms with Gasteiger partial charge in [-0.2, -0.15) is 8.78 Å². The van der Waals surface area contributed by atoms with Gasteiger partial charge in [0.1, 0.15) is 5.82 Å². The van der Waals surface area contributed by atoms with Gasteiger partial charge in [-0.1, -0.05) is 12.1 Å². The molecule has 7 nitrogen and oxygen atoms in total. The van der Waals surface area contributed by atoms with Gasteiger partial charge in [0.05, 0.1) is 18.4 Å². The molecule has 3 rings (SSSR count). The van der Waals surface area contributed by atoms with Gasteiger partial charge in [0.2, 0.25) is 5.91 Å². The Labute approximate surface area is 188 Å². The summed E-state index contributed by atoms with van der Waals surface area (Å²) in [5.41, 5.74) is 1.07. The number of alkyl halides is 2. The van der Waals surface area contributed by atoms with Gasteiger partial charge in [-0.3, -0.25) is 9.52 Å². The molecule has 0 radical (unpaired) electrons. The van der Waals surface area contributed by atoms with Crippen molar-refractivity contribution in [2.24, 2.45) is 0 Å². The van der Waals surface area contributed by atoms with Crippen LogP contribution in [0.5, 0.6) is 11.5 Å².